The maximum atomic E-state index is 3.96. The minimum Gasteiger partial charge on any atom is -0.331 e. The van der Waals surface area contributed by atoms with Crippen LogP contribution in [0.3, 0.4) is 0 Å². The van der Waals surface area contributed by atoms with Crippen LogP contribution in [0.25, 0.3) is 6.08 Å². The molecule has 0 amide bonds. The Kier molecular flexibility index (Phi) is 3.14. The van der Waals surface area contributed by atoms with Crippen LogP contribution in [0.15, 0.2) is 29.4 Å². The van der Waals surface area contributed by atoms with Gasteiger partial charge in [0.15, 0.2) is 5.62 Å². The summed E-state index contributed by atoms with van der Waals surface area (Å²) >= 11 is 0. The first kappa shape index (κ1) is 8.59. The summed E-state index contributed by atoms with van der Waals surface area (Å²) in [4.78, 5) is 10.0. The molecule has 0 aliphatic carbocycles. The normalized spacial score (nSPS) is 13.7. The Morgan fingerprint density at radius 3 is 2.83 bits per heavy atom. The topological polar surface area (TPSA) is 43.9 Å². The van der Waals surface area contributed by atoms with Gasteiger partial charge in [0.2, 0.25) is 0 Å². The Balaban J connectivity index is 2.77. The highest BCUT2D eigenvalue weighted by atomic mass is 15.0. The van der Waals surface area contributed by atoms with Crippen LogP contribution >= 0.6 is 0 Å². The summed E-state index contributed by atoms with van der Waals surface area (Å²) in [6.45, 7) is 1.98. The SMILES string of the molecule is C/C=C\C=C/c1c[nH]/c(=N\C)[nH]1. The molecule has 0 atom stereocenters. The van der Waals surface area contributed by atoms with E-state index in [4.69, 9.17) is 0 Å². The van der Waals surface area contributed by atoms with Crippen LogP contribution in [-0.2, 0) is 0 Å². The minimum absolute atomic E-state index is 0.787. The molecule has 0 aromatic carbocycles. The number of aromatic nitrogens is 2. The molecule has 64 valence electrons. The molecule has 0 unspecified atom stereocenters. The first-order valence-corrected chi connectivity index (χ1v) is 3.86. The second kappa shape index (κ2) is 4.38. The predicted molar refractivity (Wildman–Crippen MR) is 50.5 cm³/mol. The van der Waals surface area contributed by atoms with E-state index in [2.05, 4.69) is 15.0 Å². The summed E-state index contributed by atoms with van der Waals surface area (Å²) in [5.74, 6) is 0. The summed E-state index contributed by atoms with van der Waals surface area (Å²) < 4.78 is 0. The Labute approximate surface area is 71.6 Å². The maximum Gasteiger partial charge on any atom is 0.199 e. The number of aromatic amines is 2. The molecule has 0 fully saturated rings. The van der Waals surface area contributed by atoms with Gasteiger partial charge in [0.1, 0.15) is 0 Å². The van der Waals surface area contributed by atoms with Crippen LogP contribution in [0, 0.1) is 0 Å². The van der Waals surface area contributed by atoms with E-state index in [1.165, 1.54) is 0 Å². The van der Waals surface area contributed by atoms with E-state index in [9.17, 15) is 0 Å². The Bertz CT molecular complexity index is 339. The van der Waals surface area contributed by atoms with Gasteiger partial charge in [0.05, 0.1) is 5.69 Å². The lowest BCUT2D eigenvalue weighted by Crippen LogP contribution is -2.03. The standard InChI is InChI=1S/C9H13N3/c1-3-4-5-6-8-7-11-9(10-2)12-8/h3-7H,1-2H3,(H2,10,11,12)/b4-3-,6-5-. The van der Waals surface area contributed by atoms with Crippen molar-refractivity contribution in [3.8, 4) is 0 Å². The third-order valence-electron chi connectivity index (χ3n) is 1.43. The molecule has 0 aliphatic heterocycles. The molecule has 3 nitrogen and oxygen atoms in total. The number of hydrogen-bond donors (Lipinski definition) is 2. The number of imidazole rings is 1. The Morgan fingerprint density at radius 1 is 1.42 bits per heavy atom. The predicted octanol–water partition coefficient (Wildman–Crippen LogP) is 1.46. The zero-order valence-electron chi connectivity index (χ0n) is 7.33. The van der Waals surface area contributed by atoms with E-state index in [0.29, 0.717) is 0 Å². The second-order valence-corrected chi connectivity index (χ2v) is 2.33. The van der Waals surface area contributed by atoms with Crippen molar-refractivity contribution in [1.82, 2.24) is 9.97 Å². The highest BCUT2D eigenvalue weighted by Crippen LogP contribution is 1.91. The molecule has 1 aromatic heterocycles. The molecule has 12 heavy (non-hydrogen) atoms. The molecule has 3 heteroatoms. The number of rotatable bonds is 2. The zero-order chi connectivity index (χ0) is 8.81. The summed E-state index contributed by atoms with van der Waals surface area (Å²) in [5.41, 5.74) is 1.81. The van der Waals surface area contributed by atoms with E-state index in [-0.39, 0.29) is 0 Å². The van der Waals surface area contributed by atoms with Crippen molar-refractivity contribution in [2.24, 2.45) is 4.99 Å². The lowest BCUT2D eigenvalue weighted by molar-refractivity contribution is 1.06. The van der Waals surface area contributed by atoms with Crippen molar-refractivity contribution in [2.75, 3.05) is 7.05 Å². The molecule has 0 spiro atoms. The van der Waals surface area contributed by atoms with E-state index in [0.717, 1.165) is 11.3 Å². The van der Waals surface area contributed by atoms with Gasteiger partial charge in [-0.25, -0.2) is 0 Å². The van der Waals surface area contributed by atoms with Gasteiger partial charge in [-0.3, -0.25) is 4.99 Å². The maximum absolute atomic E-state index is 3.96. The van der Waals surface area contributed by atoms with Crippen molar-refractivity contribution in [1.29, 1.82) is 0 Å². The van der Waals surface area contributed by atoms with Gasteiger partial charge in [-0.15, -0.1) is 0 Å². The zero-order valence-corrected chi connectivity index (χ0v) is 7.33. The third-order valence-corrected chi connectivity index (χ3v) is 1.43. The summed E-state index contributed by atoms with van der Waals surface area (Å²) in [6, 6.07) is 0. The van der Waals surface area contributed by atoms with Crippen LogP contribution in [0.4, 0.5) is 0 Å². The molecule has 0 saturated carbocycles. The minimum atomic E-state index is 0.787. The molecule has 1 heterocycles. The van der Waals surface area contributed by atoms with Gasteiger partial charge in [-0.1, -0.05) is 18.2 Å². The molecule has 1 aromatic rings. The van der Waals surface area contributed by atoms with Gasteiger partial charge >= 0.3 is 0 Å². The van der Waals surface area contributed by atoms with Crippen molar-refractivity contribution in [3.05, 3.63) is 35.7 Å². The first-order chi connectivity index (χ1) is 5.86. The molecular weight excluding hydrogens is 150 g/mol. The lowest BCUT2D eigenvalue weighted by atomic mass is 10.4. The molecule has 2 N–H and O–H groups in total. The second-order valence-electron chi connectivity index (χ2n) is 2.33. The number of H-pyrrole nitrogens is 2. The lowest BCUT2D eigenvalue weighted by Gasteiger charge is -1.79. The largest absolute Gasteiger partial charge is 0.331 e. The van der Waals surface area contributed by atoms with Gasteiger partial charge < -0.3 is 9.97 Å². The molecule has 0 radical (unpaired) electrons. The van der Waals surface area contributed by atoms with Crippen LogP contribution in [0.2, 0.25) is 0 Å². The fourth-order valence-corrected chi connectivity index (χ4v) is 0.836. The van der Waals surface area contributed by atoms with Gasteiger partial charge in [0, 0.05) is 13.2 Å². The van der Waals surface area contributed by atoms with Gasteiger partial charge in [-0.05, 0) is 13.0 Å². The van der Waals surface area contributed by atoms with E-state index >= 15 is 0 Å². The van der Waals surface area contributed by atoms with E-state index in [1.807, 2.05) is 37.4 Å². The third kappa shape index (κ3) is 2.27. The van der Waals surface area contributed by atoms with Crippen molar-refractivity contribution >= 4 is 6.08 Å². The van der Waals surface area contributed by atoms with Crippen LogP contribution in [-0.4, -0.2) is 17.0 Å². The highest BCUT2D eigenvalue weighted by Gasteiger charge is 1.84. The molecule has 0 aliphatic rings. The van der Waals surface area contributed by atoms with Crippen LogP contribution < -0.4 is 5.62 Å². The Morgan fingerprint density at radius 2 is 2.25 bits per heavy atom. The van der Waals surface area contributed by atoms with Gasteiger partial charge in [0.25, 0.3) is 0 Å². The fraction of sp³-hybridized carbons (Fsp3) is 0.222. The molecular formula is C9H13N3. The fourth-order valence-electron chi connectivity index (χ4n) is 0.836. The summed E-state index contributed by atoms with van der Waals surface area (Å²) in [7, 11) is 1.74. The number of nitrogens with zero attached hydrogens (tertiary/aromatic N) is 1. The van der Waals surface area contributed by atoms with Gasteiger partial charge in [-0.2, -0.15) is 0 Å². The smallest absolute Gasteiger partial charge is 0.199 e. The van der Waals surface area contributed by atoms with Crippen molar-refractivity contribution in [3.63, 3.8) is 0 Å². The average molecular weight is 163 g/mol. The van der Waals surface area contributed by atoms with Crippen molar-refractivity contribution in [2.45, 2.75) is 6.92 Å². The monoisotopic (exact) mass is 163 g/mol. The number of nitrogens with one attached hydrogen (secondary N) is 2. The molecule has 0 bridgehead atoms. The van der Waals surface area contributed by atoms with E-state index in [1.54, 1.807) is 7.05 Å². The average Bonchev–Trinajstić information content (AvgIpc) is 2.53. The van der Waals surface area contributed by atoms with E-state index < -0.39 is 0 Å². The summed E-state index contributed by atoms with van der Waals surface area (Å²) in [5, 5.41) is 0. The highest BCUT2D eigenvalue weighted by molar-refractivity contribution is 5.45. The molecule has 1 rings (SSSR count). The Hall–Kier alpha value is -1.51. The first-order valence-electron chi connectivity index (χ1n) is 3.86. The molecule has 0 saturated heterocycles. The number of hydrogen-bond acceptors (Lipinski definition) is 1. The van der Waals surface area contributed by atoms with Crippen LogP contribution in [0.1, 0.15) is 12.6 Å². The number of allylic oxidation sites excluding steroid dienone is 3. The van der Waals surface area contributed by atoms with Crippen molar-refractivity contribution < 1.29 is 0 Å². The summed E-state index contributed by atoms with van der Waals surface area (Å²) in [6.07, 6.45) is 9.78. The quantitative estimate of drug-likeness (QED) is 0.620. The van der Waals surface area contributed by atoms with Crippen LogP contribution in [0.5, 0.6) is 0 Å².